The molecule has 2 aliphatic rings. The van der Waals surface area contributed by atoms with Gasteiger partial charge in [-0.1, -0.05) is 6.08 Å². The van der Waals surface area contributed by atoms with Crippen LogP contribution >= 0.6 is 0 Å². The number of methoxy groups -OCH3 is 1. The molecule has 118 valence electrons. The smallest absolute Gasteiger partial charge is 0.330 e. The van der Waals surface area contributed by atoms with Gasteiger partial charge in [-0.05, 0) is 19.3 Å². The van der Waals surface area contributed by atoms with Gasteiger partial charge in [-0.2, -0.15) is 0 Å². The van der Waals surface area contributed by atoms with Crippen molar-refractivity contribution in [2.45, 2.75) is 38.1 Å². The molecule has 1 atom stereocenters. The first-order chi connectivity index (χ1) is 10.7. The Morgan fingerprint density at radius 2 is 2.18 bits per heavy atom. The highest BCUT2D eigenvalue weighted by molar-refractivity contribution is 5.82. The summed E-state index contributed by atoms with van der Waals surface area (Å²) < 4.78 is 6.61. The van der Waals surface area contributed by atoms with Gasteiger partial charge in [-0.25, -0.2) is 4.79 Å². The second-order valence-electron chi connectivity index (χ2n) is 5.77. The number of esters is 1. The molecule has 22 heavy (non-hydrogen) atoms. The minimum absolute atomic E-state index is 0.00983. The molecular weight excluding hydrogens is 284 g/mol. The van der Waals surface area contributed by atoms with E-state index in [4.69, 9.17) is 0 Å². The highest BCUT2D eigenvalue weighted by Crippen LogP contribution is 2.40. The van der Waals surface area contributed by atoms with E-state index in [2.05, 4.69) is 24.8 Å². The summed E-state index contributed by atoms with van der Waals surface area (Å²) in [6, 6.07) is 0. The van der Waals surface area contributed by atoms with Crippen LogP contribution in [0.4, 0.5) is 0 Å². The standard InChI is InChI=1S/C15H20N4O3/c1-22-13(20)3-2-8-16-15(21)11-6-7-12-17-18-14(10-4-5-10)19(12)9-11/h2-3,10-11H,4-9H2,1H3,(H,16,21)/b3-2+. The van der Waals surface area contributed by atoms with Crippen LogP contribution in [-0.2, 0) is 27.3 Å². The first-order valence-corrected chi connectivity index (χ1v) is 7.63. The van der Waals surface area contributed by atoms with Crippen molar-refractivity contribution >= 4 is 11.9 Å². The Kier molecular flexibility index (Phi) is 4.22. The van der Waals surface area contributed by atoms with Crippen LogP contribution in [0.3, 0.4) is 0 Å². The molecule has 0 saturated heterocycles. The zero-order valence-corrected chi connectivity index (χ0v) is 12.6. The third-order valence-corrected chi connectivity index (χ3v) is 4.14. The zero-order chi connectivity index (χ0) is 15.5. The van der Waals surface area contributed by atoms with Gasteiger partial charge in [0.1, 0.15) is 11.6 Å². The Balaban J connectivity index is 1.55. The number of ether oxygens (including phenoxy) is 1. The lowest BCUT2D eigenvalue weighted by Gasteiger charge is -2.23. The van der Waals surface area contributed by atoms with E-state index >= 15 is 0 Å². The van der Waals surface area contributed by atoms with Crippen LogP contribution in [0.25, 0.3) is 0 Å². The third kappa shape index (κ3) is 3.18. The lowest BCUT2D eigenvalue weighted by molar-refractivity contribution is -0.135. The predicted octanol–water partition coefficient (Wildman–Crippen LogP) is 0.563. The van der Waals surface area contributed by atoms with E-state index in [1.54, 1.807) is 6.08 Å². The van der Waals surface area contributed by atoms with Gasteiger partial charge >= 0.3 is 5.97 Å². The fourth-order valence-corrected chi connectivity index (χ4v) is 2.73. The quantitative estimate of drug-likeness (QED) is 0.634. The maximum Gasteiger partial charge on any atom is 0.330 e. The highest BCUT2D eigenvalue weighted by Gasteiger charge is 2.34. The molecule has 7 nitrogen and oxygen atoms in total. The number of carbonyl (C=O) groups excluding carboxylic acids is 2. The number of fused-ring (bicyclic) bond motifs is 1. The first kappa shape index (κ1) is 14.7. The third-order valence-electron chi connectivity index (χ3n) is 4.14. The molecule has 2 heterocycles. The molecule has 1 unspecified atom stereocenters. The maximum absolute atomic E-state index is 12.2. The SMILES string of the molecule is COC(=O)/C=C/CNC(=O)C1CCc2nnc(C3CC3)n2C1. The van der Waals surface area contributed by atoms with Gasteiger partial charge in [0, 0.05) is 31.5 Å². The van der Waals surface area contributed by atoms with Crippen LogP contribution < -0.4 is 5.32 Å². The Bertz CT molecular complexity index is 604. The number of aryl methyl sites for hydroxylation is 1. The Hall–Kier alpha value is -2.18. The van der Waals surface area contributed by atoms with E-state index in [0.717, 1.165) is 24.5 Å². The summed E-state index contributed by atoms with van der Waals surface area (Å²) in [5, 5.41) is 11.3. The summed E-state index contributed by atoms with van der Waals surface area (Å²) in [6.45, 7) is 0.982. The van der Waals surface area contributed by atoms with Crippen molar-refractivity contribution in [3.63, 3.8) is 0 Å². The molecule has 0 spiro atoms. The van der Waals surface area contributed by atoms with E-state index in [0.29, 0.717) is 19.0 Å². The minimum atomic E-state index is -0.421. The second-order valence-corrected chi connectivity index (χ2v) is 5.77. The molecule has 3 rings (SSSR count). The van der Waals surface area contributed by atoms with E-state index < -0.39 is 5.97 Å². The summed E-state index contributed by atoms with van der Waals surface area (Å²) >= 11 is 0. The Morgan fingerprint density at radius 3 is 2.91 bits per heavy atom. The minimum Gasteiger partial charge on any atom is -0.466 e. The fourth-order valence-electron chi connectivity index (χ4n) is 2.73. The first-order valence-electron chi connectivity index (χ1n) is 7.63. The normalized spacial score (nSPS) is 20.7. The van der Waals surface area contributed by atoms with Crippen molar-refractivity contribution in [2.24, 2.45) is 5.92 Å². The average Bonchev–Trinajstić information content (AvgIpc) is 3.30. The molecule has 1 aliphatic carbocycles. The maximum atomic E-state index is 12.2. The van der Waals surface area contributed by atoms with Gasteiger partial charge in [-0.3, -0.25) is 4.79 Å². The molecule has 1 amide bonds. The van der Waals surface area contributed by atoms with Gasteiger partial charge in [-0.15, -0.1) is 10.2 Å². The molecule has 1 aromatic rings. The molecule has 1 fully saturated rings. The van der Waals surface area contributed by atoms with Crippen LogP contribution in [0, 0.1) is 5.92 Å². The van der Waals surface area contributed by atoms with Crippen molar-refractivity contribution in [3.05, 3.63) is 23.8 Å². The molecule has 1 saturated carbocycles. The fraction of sp³-hybridized carbons (Fsp3) is 0.600. The van der Waals surface area contributed by atoms with Crippen molar-refractivity contribution in [1.29, 1.82) is 0 Å². The summed E-state index contributed by atoms with van der Waals surface area (Å²) in [4.78, 5) is 23.2. The van der Waals surface area contributed by atoms with E-state index in [1.807, 2.05) is 0 Å². The van der Waals surface area contributed by atoms with Crippen molar-refractivity contribution in [1.82, 2.24) is 20.1 Å². The van der Waals surface area contributed by atoms with Crippen molar-refractivity contribution in [3.8, 4) is 0 Å². The molecule has 1 aliphatic heterocycles. The molecular formula is C15H20N4O3. The lowest BCUT2D eigenvalue weighted by atomic mass is 9.98. The van der Waals surface area contributed by atoms with E-state index in [9.17, 15) is 9.59 Å². The Labute approximate surface area is 128 Å². The van der Waals surface area contributed by atoms with Gasteiger partial charge in [0.15, 0.2) is 0 Å². The van der Waals surface area contributed by atoms with Crippen molar-refractivity contribution in [2.75, 3.05) is 13.7 Å². The molecule has 7 heteroatoms. The zero-order valence-electron chi connectivity index (χ0n) is 12.6. The number of hydrogen-bond acceptors (Lipinski definition) is 5. The van der Waals surface area contributed by atoms with Gasteiger partial charge in [0.05, 0.1) is 13.0 Å². The molecule has 1 aromatic heterocycles. The summed E-state index contributed by atoms with van der Waals surface area (Å²) in [6.07, 6.45) is 6.82. The van der Waals surface area contributed by atoms with Crippen LogP contribution in [-0.4, -0.2) is 40.3 Å². The molecule has 0 bridgehead atoms. The van der Waals surface area contributed by atoms with Crippen LogP contribution in [0.2, 0.25) is 0 Å². The lowest BCUT2D eigenvalue weighted by Crippen LogP contribution is -2.36. The predicted molar refractivity (Wildman–Crippen MR) is 78.0 cm³/mol. The highest BCUT2D eigenvalue weighted by atomic mass is 16.5. The number of carbonyl (C=O) groups is 2. The van der Waals surface area contributed by atoms with E-state index in [1.165, 1.54) is 26.0 Å². The number of nitrogens with one attached hydrogen (secondary N) is 1. The number of aromatic nitrogens is 3. The van der Waals surface area contributed by atoms with Gasteiger partial charge in [0.2, 0.25) is 5.91 Å². The average molecular weight is 304 g/mol. The number of hydrogen-bond donors (Lipinski definition) is 1. The largest absolute Gasteiger partial charge is 0.466 e. The molecule has 1 N–H and O–H groups in total. The summed E-state index contributed by atoms with van der Waals surface area (Å²) in [7, 11) is 1.32. The second kappa shape index (κ2) is 6.29. The number of nitrogens with zero attached hydrogens (tertiary/aromatic N) is 3. The Morgan fingerprint density at radius 1 is 1.36 bits per heavy atom. The molecule has 0 radical (unpaired) electrons. The monoisotopic (exact) mass is 304 g/mol. The topological polar surface area (TPSA) is 86.1 Å². The van der Waals surface area contributed by atoms with Crippen LogP contribution in [0.15, 0.2) is 12.2 Å². The summed E-state index contributed by atoms with van der Waals surface area (Å²) in [5.74, 6) is 2.10. The van der Waals surface area contributed by atoms with Crippen LogP contribution in [0.1, 0.15) is 36.8 Å². The number of rotatable bonds is 5. The summed E-state index contributed by atoms with van der Waals surface area (Å²) in [5.41, 5.74) is 0. The van der Waals surface area contributed by atoms with E-state index in [-0.39, 0.29) is 11.8 Å². The van der Waals surface area contributed by atoms with Crippen molar-refractivity contribution < 1.29 is 14.3 Å². The molecule has 0 aromatic carbocycles. The van der Waals surface area contributed by atoms with Gasteiger partial charge < -0.3 is 14.6 Å². The van der Waals surface area contributed by atoms with Crippen LogP contribution in [0.5, 0.6) is 0 Å². The number of amides is 1. The van der Waals surface area contributed by atoms with Gasteiger partial charge in [0.25, 0.3) is 0 Å².